The molecule has 0 aliphatic carbocycles. The number of carboxylic acid groups (broad SMARTS) is 1. The van der Waals surface area contributed by atoms with Crippen molar-refractivity contribution in [3.05, 3.63) is 29.8 Å². The molecule has 1 aliphatic heterocycles. The van der Waals surface area contributed by atoms with E-state index in [1.54, 1.807) is 29.2 Å². The van der Waals surface area contributed by atoms with E-state index in [0.29, 0.717) is 38.8 Å². The molecule has 1 amide bonds. The van der Waals surface area contributed by atoms with Gasteiger partial charge in [0, 0.05) is 13.1 Å². The summed E-state index contributed by atoms with van der Waals surface area (Å²) in [6.45, 7) is 2.78. The zero-order valence-corrected chi connectivity index (χ0v) is 18.8. The molecule has 0 saturated carbocycles. The minimum absolute atomic E-state index is 0.186. The second kappa shape index (κ2) is 12.5. The maximum atomic E-state index is 12.3. The van der Waals surface area contributed by atoms with Crippen LogP contribution < -0.4 is 10.5 Å². The van der Waals surface area contributed by atoms with Crippen LogP contribution in [0.4, 0.5) is 13.2 Å². The monoisotopic (exact) mass is 492 g/mol. The first-order valence-corrected chi connectivity index (χ1v) is 11.6. The van der Waals surface area contributed by atoms with Crippen LogP contribution in [0.5, 0.6) is 0 Å². The number of unbranched alkanes of at least 4 members (excludes halogenated alkanes) is 1. The lowest BCUT2D eigenvalue weighted by molar-refractivity contribution is -0.192. The van der Waals surface area contributed by atoms with Crippen LogP contribution in [-0.2, 0) is 19.6 Å². The summed E-state index contributed by atoms with van der Waals surface area (Å²) in [5, 5.41) is 16.2. The standard InChI is InChI=1S/C18H26N4O3S.C2HF3O2/c1-14-7-9-16(10-8-14)26(24,25)21-11-3-2-6-17(20)18(23)22-12-4-5-15(22)13-19;3-2(4,5)1(6)7/h7-10,15,17,21H,2-6,11-12,20H2,1H3;(H,6,7)/t15-,17-;/m0./s1. The molecule has 1 aromatic rings. The number of nitriles is 1. The number of hydrogen-bond acceptors (Lipinski definition) is 6. The second-order valence-electron chi connectivity index (χ2n) is 7.43. The molecule has 0 spiro atoms. The van der Waals surface area contributed by atoms with Crippen LogP contribution in [0, 0.1) is 18.3 Å². The third kappa shape index (κ3) is 9.37. The first-order chi connectivity index (χ1) is 15.3. The average Bonchev–Trinajstić information content (AvgIpc) is 3.21. The van der Waals surface area contributed by atoms with Gasteiger partial charge in [-0.25, -0.2) is 17.9 Å². The quantitative estimate of drug-likeness (QED) is 0.469. The van der Waals surface area contributed by atoms with Gasteiger partial charge in [0.15, 0.2) is 0 Å². The molecule has 13 heteroatoms. The number of nitrogens with zero attached hydrogens (tertiary/aromatic N) is 2. The Labute approximate surface area is 190 Å². The number of nitrogens with two attached hydrogens (primary N) is 1. The summed E-state index contributed by atoms with van der Waals surface area (Å²) in [4.78, 5) is 23.0. The van der Waals surface area contributed by atoms with Gasteiger partial charge in [-0.15, -0.1) is 0 Å². The third-order valence-electron chi connectivity index (χ3n) is 4.81. The predicted octanol–water partition coefficient (Wildman–Crippen LogP) is 1.92. The molecule has 0 radical (unpaired) electrons. The molecule has 1 fully saturated rings. The van der Waals surface area contributed by atoms with Gasteiger partial charge in [0.1, 0.15) is 6.04 Å². The highest BCUT2D eigenvalue weighted by atomic mass is 32.2. The Bertz CT molecular complexity index is 946. The van der Waals surface area contributed by atoms with Crippen LogP contribution in [0.1, 0.15) is 37.7 Å². The molecule has 184 valence electrons. The molecule has 0 aromatic heterocycles. The highest BCUT2D eigenvalue weighted by Gasteiger charge is 2.38. The number of rotatable bonds is 8. The van der Waals surface area contributed by atoms with Crippen LogP contribution >= 0.6 is 0 Å². The first kappa shape index (κ1) is 28.3. The van der Waals surface area contributed by atoms with Gasteiger partial charge in [0.25, 0.3) is 0 Å². The summed E-state index contributed by atoms with van der Waals surface area (Å²) >= 11 is 0. The van der Waals surface area contributed by atoms with Gasteiger partial charge < -0.3 is 15.7 Å². The summed E-state index contributed by atoms with van der Waals surface area (Å²) in [6.07, 6.45) is -1.85. The molecule has 2 atom stereocenters. The first-order valence-electron chi connectivity index (χ1n) is 10.1. The van der Waals surface area contributed by atoms with Crippen molar-refractivity contribution in [3.63, 3.8) is 0 Å². The molecule has 1 heterocycles. The summed E-state index contributed by atoms with van der Waals surface area (Å²) in [5.41, 5.74) is 6.95. The number of carboxylic acids is 1. The maximum Gasteiger partial charge on any atom is 0.490 e. The number of nitrogens with one attached hydrogen (secondary N) is 1. The number of hydrogen-bond donors (Lipinski definition) is 3. The lowest BCUT2D eigenvalue weighted by Crippen LogP contribution is -2.45. The highest BCUT2D eigenvalue weighted by Crippen LogP contribution is 2.18. The Morgan fingerprint density at radius 1 is 1.30 bits per heavy atom. The Morgan fingerprint density at radius 2 is 1.88 bits per heavy atom. The van der Waals surface area contributed by atoms with Crippen molar-refractivity contribution in [2.45, 2.75) is 62.2 Å². The number of sulfonamides is 1. The van der Waals surface area contributed by atoms with E-state index in [9.17, 15) is 26.4 Å². The fourth-order valence-electron chi connectivity index (χ4n) is 3.00. The Kier molecular flexibility index (Phi) is 10.8. The molecule has 1 saturated heterocycles. The number of halogens is 3. The number of benzene rings is 1. The Hall–Kier alpha value is -2.69. The van der Waals surface area contributed by atoms with Crippen LogP contribution in [0.15, 0.2) is 29.2 Å². The molecule has 4 N–H and O–H groups in total. The van der Waals surface area contributed by atoms with Crippen molar-refractivity contribution in [2.75, 3.05) is 13.1 Å². The Morgan fingerprint density at radius 3 is 2.39 bits per heavy atom. The number of carbonyl (C=O) groups excluding carboxylic acids is 1. The minimum Gasteiger partial charge on any atom is -0.475 e. The molecule has 0 unspecified atom stereocenters. The molecule has 2 rings (SSSR count). The fraction of sp³-hybridized carbons (Fsp3) is 0.550. The fourth-order valence-corrected chi connectivity index (χ4v) is 4.07. The molecule has 33 heavy (non-hydrogen) atoms. The van der Waals surface area contributed by atoms with E-state index < -0.39 is 28.2 Å². The van der Waals surface area contributed by atoms with E-state index in [0.717, 1.165) is 12.0 Å². The van der Waals surface area contributed by atoms with Crippen molar-refractivity contribution in [2.24, 2.45) is 5.73 Å². The van der Waals surface area contributed by atoms with Gasteiger partial charge in [-0.2, -0.15) is 18.4 Å². The molecular formula is C20H27F3N4O5S. The second-order valence-corrected chi connectivity index (χ2v) is 9.20. The lowest BCUT2D eigenvalue weighted by atomic mass is 10.1. The maximum absolute atomic E-state index is 12.3. The van der Waals surface area contributed by atoms with E-state index in [1.807, 2.05) is 6.92 Å². The number of likely N-dealkylation sites (tertiary alicyclic amines) is 1. The summed E-state index contributed by atoms with van der Waals surface area (Å²) in [6, 6.07) is 7.79. The van der Waals surface area contributed by atoms with Crippen molar-refractivity contribution in [3.8, 4) is 6.07 Å². The van der Waals surface area contributed by atoms with Gasteiger partial charge in [-0.1, -0.05) is 24.1 Å². The number of aliphatic carboxylic acids is 1. The smallest absolute Gasteiger partial charge is 0.475 e. The van der Waals surface area contributed by atoms with Gasteiger partial charge in [-0.05, 0) is 44.7 Å². The third-order valence-corrected chi connectivity index (χ3v) is 6.29. The summed E-state index contributed by atoms with van der Waals surface area (Å²) in [5.74, 6) is -2.94. The molecule has 9 nitrogen and oxygen atoms in total. The minimum atomic E-state index is -5.08. The van der Waals surface area contributed by atoms with Crippen molar-refractivity contribution in [1.29, 1.82) is 5.26 Å². The lowest BCUT2D eigenvalue weighted by Gasteiger charge is -2.23. The molecular weight excluding hydrogens is 465 g/mol. The topological polar surface area (TPSA) is 154 Å². The van der Waals surface area contributed by atoms with Crippen LogP contribution in [-0.4, -0.2) is 61.7 Å². The average molecular weight is 493 g/mol. The zero-order valence-electron chi connectivity index (χ0n) is 18.0. The molecule has 1 aliphatic rings. The zero-order chi connectivity index (χ0) is 25.2. The summed E-state index contributed by atoms with van der Waals surface area (Å²) < 4.78 is 58.6. The van der Waals surface area contributed by atoms with Gasteiger partial charge >= 0.3 is 12.1 Å². The van der Waals surface area contributed by atoms with Crippen LogP contribution in [0.2, 0.25) is 0 Å². The van der Waals surface area contributed by atoms with E-state index in [4.69, 9.17) is 20.9 Å². The van der Waals surface area contributed by atoms with Crippen LogP contribution in [0.3, 0.4) is 0 Å². The number of aryl methyl sites for hydroxylation is 1. The van der Waals surface area contributed by atoms with Gasteiger partial charge in [0.2, 0.25) is 15.9 Å². The molecule has 1 aromatic carbocycles. The van der Waals surface area contributed by atoms with Crippen molar-refractivity contribution in [1.82, 2.24) is 9.62 Å². The molecule has 0 bridgehead atoms. The van der Waals surface area contributed by atoms with E-state index in [2.05, 4.69) is 10.8 Å². The normalized spacial score (nSPS) is 17.0. The Balaban J connectivity index is 0.000000675. The van der Waals surface area contributed by atoms with E-state index in [-0.39, 0.29) is 16.8 Å². The van der Waals surface area contributed by atoms with E-state index >= 15 is 0 Å². The largest absolute Gasteiger partial charge is 0.490 e. The number of alkyl halides is 3. The van der Waals surface area contributed by atoms with Crippen molar-refractivity contribution < 1.29 is 36.3 Å². The van der Waals surface area contributed by atoms with Crippen LogP contribution in [0.25, 0.3) is 0 Å². The number of carbonyl (C=O) groups is 2. The highest BCUT2D eigenvalue weighted by molar-refractivity contribution is 7.89. The number of amides is 1. The van der Waals surface area contributed by atoms with Gasteiger partial charge in [0.05, 0.1) is 17.0 Å². The van der Waals surface area contributed by atoms with Gasteiger partial charge in [-0.3, -0.25) is 4.79 Å². The summed E-state index contributed by atoms with van der Waals surface area (Å²) in [7, 11) is -3.51. The SMILES string of the molecule is Cc1ccc(S(=O)(=O)NCCCC[C@H](N)C(=O)N2CCC[C@H]2C#N)cc1.O=C(O)C(F)(F)F. The van der Waals surface area contributed by atoms with E-state index in [1.165, 1.54) is 0 Å². The predicted molar refractivity (Wildman–Crippen MR) is 112 cm³/mol. The van der Waals surface area contributed by atoms with Crippen molar-refractivity contribution >= 4 is 21.9 Å².